The van der Waals surface area contributed by atoms with E-state index in [0.29, 0.717) is 6.54 Å². The first-order valence-electron chi connectivity index (χ1n) is 4.77. The van der Waals surface area contributed by atoms with Crippen molar-refractivity contribution in [3.8, 4) is 0 Å². The van der Waals surface area contributed by atoms with Crippen molar-refractivity contribution < 1.29 is 15.0 Å². The van der Waals surface area contributed by atoms with E-state index in [1.54, 1.807) is 0 Å². The van der Waals surface area contributed by atoms with Crippen LogP contribution in [0.1, 0.15) is 19.3 Å². The number of nitrogens with zero attached hydrogens (tertiary/aromatic N) is 1. The minimum atomic E-state index is -0.956. The summed E-state index contributed by atoms with van der Waals surface area (Å²) in [5.41, 5.74) is -0.956. The maximum Gasteiger partial charge on any atom is 0.306 e. The van der Waals surface area contributed by atoms with Crippen LogP contribution in [-0.4, -0.2) is 46.3 Å². The molecule has 0 saturated carbocycles. The van der Waals surface area contributed by atoms with E-state index in [1.165, 1.54) is 0 Å². The van der Waals surface area contributed by atoms with Crippen LogP contribution < -0.4 is 0 Å². The Kier molecular flexibility index (Phi) is 2.04. The monoisotopic (exact) mass is 185 g/mol. The largest absolute Gasteiger partial charge is 0.481 e. The van der Waals surface area contributed by atoms with Gasteiger partial charge in [-0.25, -0.2) is 0 Å². The highest BCUT2D eigenvalue weighted by Gasteiger charge is 2.46. The van der Waals surface area contributed by atoms with Gasteiger partial charge in [-0.1, -0.05) is 0 Å². The number of aliphatic carboxylic acids is 1. The molecule has 13 heavy (non-hydrogen) atoms. The Morgan fingerprint density at radius 2 is 2.08 bits per heavy atom. The molecule has 74 valence electrons. The quantitative estimate of drug-likeness (QED) is 0.631. The number of piperidine rings is 3. The Labute approximate surface area is 77.2 Å². The molecule has 0 radical (unpaired) electrons. The van der Waals surface area contributed by atoms with Crippen LogP contribution in [0.4, 0.5) is 0 Å². The van der Waals surface area contributed by atoms with E-state index in [-0.39, 0.29) is 12.3 Å². The molecule has 1 atom stereocenters. The minimum Gasteiger partial charge on any atom is -0.481 e. The van der Waals surface area contributed by atoms with Gasteiger partial charge >= 0.3 is 5.97 Å². The van der Waals surface area contributed by atoms with Crippen LogP contribution in [0.25, 0.3) is 0 Å². The van der Waals surface area contributed by atoms with Crippen LogP contribution in [0, 0.1) is 5.92 Å². The average Bonchev–Trinajstić information content (AvgIpc) is 2.03. The van der Waals surface area contributed by atoms with Crippen molar-refractivity contribution >= 4 is 5.97 Å². The second-order valence-corrected chi connectivity index (χ2v) is 4.22. The van der Waals surface area contributed by atoms with Gasteiger partial charge in [-0.3, -0.25) is 4.79 Å². The maximum absolute atomic E-state index is 10.6. The Hall–Kier alpha value is -0.610. The summed E-state index contributed by atoms with van der Waals surface area (Å²) >= 11 is 0. The van der Waals surface area contributed by atoms with Crippen LogP contribution in [-0.2, 0) is 4.79 Å². The van der Waals surface area contributed by atoms with E-state index in [2.05, 4.69) is 4.90 Å². The Balaban J connectivity index is 2.09. The van der Waals surface area contributed by atoms with Gasteiger partial charge in [0.05, 0.1) is 12.0 Å². The molecule has 2 bridgehead atoms. The van der Waals surface area contributed by atoms with Crippen LogP contribution in [0.15, 0.2) is 0 Å². The van der Waals surface area contributed by atoms with E-state index in [9.17, 15) is 9.90 Å². The first-order chi connectivity index (χ1) is 6.10. The van der Waals surface area contributed by atoms with Crippen molar-refractivity contribution in [1.82, 2.24) is 4.90 Å². The number of aliphatic hydroxyl groups is 1. The second-order valence-electron chi connectivity index (χ2n) is 4.22. The number of fused-ring (bicyclic) bond motifs is 3. The van der Waals surface area contributed by atoms with Crippen molar-refractivity contribution in [3.05, 3.63) is 0 Å². The van der Waals surface area contributed by atoms with E-state index in [4.69, 9.17) is 5.11 Å². The number of rotatable bonds is 2. The van der Waals surface area contributed by atoms with Crippen LogP contribution in [0.2, 0.25) is 0 Å². The van der Waals surface area contributed by atoms with Crippen LogP contribution in [0.3, 0.4) is 0 Å². The zero-order valence-electron chi connectivity index (χ0n) is 7.57. The van der Waals surface area contributed by atoms with Gasteiger partial charge < -0.3 is 15.1 Å². The molecule has 3 heterocycles. The normalized spacial score (nSPS) is 43.5. The van der Waals surface area contributed by atoms with Crippen molar-refractivity contribution in [1.29, 1.82) is 0 Å². The van der Waals surface area contributed by atoms with Crippen molar-refractivity contribution in [2.75, 3.05) is 19.6 Å². The van der Waals surface area contributed by atoms with Crippen molar-refractivity contribution in [2.24, 2.45) is 5.92 Å². The Morgan fingerprint density at radius 1 is 1.46 bits per heavy atom. The average molecular weight is 185 g/mol. The fraction of sp³-hybridized carbons (Fsp3) is 0.889. The summed E-state index contributed by atoms with van der Waals surface area (Å²) in [6, 6.07) is 0. The first kappa shape index (κ1) is 8.97. The molecule has 0 spiro atoms. The second kappa shape index (κ2) is 2.96. The predicted molar refractivity (Wildman–Crippen MR) is 46.4 cm³/mol. The van der Waals surface area contributed by atoms with Gasteiger partial charge in [-0.2, -0.15) is 0 Å². The molecule has 0 aromatic rings. The predicted octanol–water partition coefficient (Wildman–Crippen LogP) is -0.0822. The summed E-state index contributed by atoms with van der Waals surface area (Å²) in [5, 5.41) is 18.8. The third-order valence-electron chi connectivity index (χ3n) is 3.30. The lowest BCUT2D eigenvalue weighted by atomic mass is 9.74. The number of hydrogen-bond donors (Lipinski definition) is 2. The number of carbonyl (C=O) groups is 1. The SMILES string of the molecule is O=C(O)C[C@]1(O)CN2CCC1CC2. The molecule has 3 fully saturated rings. The van der Waals surface area contributed by atoms with E-state index in [1.807, 2.05) is 0 Å². The highest BCUT2D eigenvalue weighted by Crippen LogP contribution is 2.37. The Bertz CT molecular complexity index is 223. The van der Waals surface area contributed by atoms with Gasteiger partial charge in [-0.05, 0) is 31.8 Å². The van der Waals surface area contributed by atoms with Gasteiger partial charge in [-0.15, -0.1) is 0 Å². The molecule has 3 aliphatic rings. The number of hydrogen-bond acceptors (Lipinski definition) is 3. The van der Waals surface area contributed by atoms with Gasteiger partial charge in [0.25, 0.3) is 0 Å². The minimum absolute atomic E-state index is 0.103. The molecule has 4 nitrogen and oxygen atoms in total. The number of carboxylic acids is 1. The first-order valence-corrected chi connectivity index (χ1v) is 4.77. The molecule has 3 rings (SSSR count). The fourth-order valence-electron chi connectivity index (χ4n) is 2.61. The molecule has 0 aromatic heterocycles. The third kappa shape index (κ3) is 1.56. The van der Waals surface area contributed by atoms with Gasteiger partial charge in [0.2, 0.25) is 0 Å². The third-order valence-corrected chi connectivity index (χ3v) is 3.30. The van der Waals surface area contributed by atoms with Crippen molar-refractivity contribution in [2.45, 2.75) is 24.9 Å². The highest BCUT2D eigenvalue weighted by atomic mass is 16.4. The van der Waals surface area contributed by atoms with Gasteiger partial charge in [0, 0.05) is 6.54 Å². The molecule has 0 amide bonds. The fourth-order valence-corrected chi connectivity index (χ4v) is 2.61. The van der Waals surface area contributed by atoms with Crippen LogP contribution >= 0.6 is 0 Å². The van der Waals surface area contributed by atoms with Gasteiger partial charge in [0.15, 0.2) is 0 Å². The molecular weight excluding hydrogens is 170 g/mol. The summed E-state index contributed by atoms with van der Waals surface area (Å²) in [6.07, 6.45) is 1.79. The van der Waals surface area contributed by atoms with E-state index >= 15 is 0 Å². The maximum atomic E-state index is 10.6. The lowest BCUT2D eigenvalue weighted by Gasteiger charge is -2.49. The zero-order chi connectivity index (χ0) is 9.47. The van der Waals surface area contributed by atoms with E-state index < -0.39 is 11.6 Å². The molecule has 4 heteroatoms. The van der Waals surface area contributed by atoms with Crippen LogP contribution in [0.5, 0.6) is 0 Å². The highest BCUT2D eigenvalue weighted by molar-refractivity contribution is 5.68. The molecule has 3 aliphatic heterocycles. The molecular formula is C9H15NO3. The topological polar surface area (TPSA) is 60.8 Å². The molecule has 0 aromatic carbocycles. The summed E-state index contributed by atoms with van der Waals surface area (Å²) in [6.45, 7) is 2.59. The van der Waals surface area contributed by atoms with E-state index in [0.717, 1.165) is 25.9 Å². The standard InChI is InChI=1S/C9H15NO3/c11-8(12)5-9(13)6-10-3-1-7(9)2-4-10/h7,13H,1-6H2,(H,11,12)/t9-/m0/s1. The van der Waals surface area contributed by atoms with Gasteiger partial charge in [0.1, 0.15) is 0 Å². The molecule has 2 N–H and O–H groups in total. The number of carboxylic acid groups (broad SMARTS) is 1. The summed E-state index contributed by atoms with van der Waals surface area (Å²) < 4.78 is 0. The summed E-state index contributed by atoms with van der Waals surface area (Å²) in [7, 11) is 0. The molecule has 0 aliphatic carbocycles. The Morgan fingerprint density at radius 3 is 2.46 bits per heavy atom. The summed E-state index contributed by atoms with van der Waals surface area (Å²) in [5.74, 6) is -0.690. The summed E-state index contributed by atoms with van der Waals surface area (Å²) in [4.78, 5) is 12.7. The lowest BCUT2D eigenvalue weighted by Crippen LogP contribution is -2.59. The molecule has 0 unspecified atom stereocenters. The molecule has 3 saturated heterocycles. The smallest absolute Gasteiger partial charge is 0.306 e. The zero-order valence-corrected chi connectivity index (χ0v) is 7.57. The lowest BCUT2D eigenvalue weighted by molar-refractivity contribution is -0.156. The van der Waals surface area contributed by atoms with Crippen molar-refractivity contribution in [3.63, 3.8) is 0 Å².